The number of aliphatic hydroxyl groups excluding tert-OH is 1. The van der Waals surface area contributed by atoms with E-state index < -0.39 is 0 Å². The molecule has 0 aliphatic carbocycles. The fourth-order valence-corrected chi connectivity index (χ4v) is 2.04. The van der Waals surface area contributed by atoms with E-state index in [2.05, 4.69) is 16.3 Å². The van der Waals surface area contributed by atoms with Crippen molar-refractivity contribution in [3.8, 4) is 28.8 Å². The molecule has 1 aromatic heterocycles. The molecular weight excluding hydrogens is 280 g/mol. The number of rotatable bonds is 4. The van der Waals surface area contributed by atoms with Crippen molar-refractivity contribution < 1.29 is 9.84 Å². The Morgan fingerprint density at radius 1 is 1.05 bits per heavy atom. The standard InChI is InChI=1S/C16H12N4O2/c17-10-15-16(12-4-2-1-3-5-12)19-20(18-15)13-6-8-14(9-7-13)22-11-21/h1-9,21H,11H2. The summed E-state index contributed by atoms with van der Waals surface area (Å²) in [7, 11) is 0. The van der Waals surface area contributed by atoms with Crippen LogP contribution in [0.5, 0.6) is 5.75 Å². The van der Waals surface area contributed by atoms with E-state index in [4.69, 9.17) is 9.84 Å². The van der Waals surface area contributed by atoms with E-state index in [9.17, 15) is 5.26 Å². The third-order valence-electron chi connectivity index (χ3n) is 3.07. The molecule has 0 amide bonds. The molecule has 0 spiro atoms. The molecule has 3 rings (SSSR count). The fraction of sp³-hybridized carbons (Fsp3) is 0.0625. The zero-order valence-electron chi connectivity index (χ0n) is 11.5. The van der Waals surface area contributed by atoms with Gasteiger partial charge in [0.15, 0.2) is 12.5 Å². The molecule has 0 unspecified atom stereocenters. The van der Waals surface area contributed by atoms with E-state index >= 15 is 0 Å². The van der Waals surface area contributed by atoms with E-state index in [-0.39, 0.29) is 12.5 Å². The Kier molecular flexibility index (Phi) is 3.81. The van der Waals surface area contributed by atoms with Gasteiger partial charge in [-0.15, -0.1) is 15.0 Å². The largest absolute Gasteiger partial charge is 0.468 e. The third kappa shape index (κ3) is 2.66. The maximum absolute atomic E-state index is 9.24. The van der Waals surface area contributed by atoms with Crippen molar-refractivity contribution in [2.24, 2.45) is 0 Å². The first-order valence-corrected chi connectivity index (χ1v) is 6.59. The summed E-state index contributed by atoms with van der Waals surface area (Å²) in [4.78, 5) is 1.41. The van der Waals surface area contributed by atoms with Crippen molar-refractivity contribution in [2.45, 2.75) is 0 Å². The molecule has 0 saturated carbocycles. The predicted octanol–water partition coefficient (Wildman–Crippen LogP) is 2.13. The molecule has 6 nitrogen and oxygen atoms in total. The van der Waals surface area contributed by atoms with Gasteiger partial charge in [0, 0.05) is 5.56 Å². The molecule has 3 aromatic rings. The second-order valence-corrected chi connectivity index (χ2v) is 4.43. The van der Waals surface area contributed by atoms with E-state index in [0.717, 1.165) is 5.56 Å². The van der Waals surface area contributed by atoms with Gasteiger partial charge in [-0.05, 0) is 24.3 Å². The van der Waals surface area contributed by atoms with Crippen LogP contribution in [0.1, 0.15) is 5.69 Å². The van der Waals surface area contributed by atoms with Gasteiger partial charge >= 0.3 is 0 Å². The van der Waals surface area contributed by atoms with Crippen LogP contribution < -0.4 is 4.74 Å². The Balaban J connectivity index is 1.99. The SMILES string of the molecule is N#Cc1nn(-c2ccc(OCO)cc2)nc1-c1ccccc1. The highest BCUT2D eigenvalue weighted by atomic mass is 16.6. The first kappa shape index (κ1) is 13.8. The molecule has 2 aromatic carbocycles. The molecule has 0 aliphatic heterocycles. The minimum Gasteiger partial charge on any atom is -0.468 e. The van der Waals surface area contributed by atoms with Gasteiger partial charge in [0.2, 0.25) is 0 Å². The number of hydrogen-bond acceptors (Lipinski definition) is 5. The lowest BCUT2D eigenvalue weighted by Gasteiger charge is -2.03. The summed E-state index contributed by atoms with van der Waals surface area (Å²) in [6.45, 7) is -0.379. The molecule has 1 heterocycles. The second-order valence-electron chi connectivity index (χ2n) is 4.43. The van der Waals surface area contributed by atoms with Gasteiger partial charge in [-0.3, -0.25) is 0 Å². The third-order valence-corrected chi connectivity index (χ3v) is 3.07. The van der Waals surface area contributed by atoms with E-state index in [0.29, 0.717) is 17.1 Å². The number of nitriles is 1. The maximum Gasteiger partial charge on any atom is 0.191 e. The average molecular weight is 292 g/mol. The van der Waals surface area contributed by atoms with Crippen LogP contribution in [-0.4, -0.2) is 26.9 Å². The van der Waals surface area contributed by atoms with Crippen molar-refractivity contribution in [2.75, 3.05) is 6.79 Å². The lowest BCUT2D eigenvalue weighted by atomic mass is 10.1. The minimum absolute atomic E-state index is 0.266. The average Bonchev–Trinajstić information content (AvgIpc) is 3.01. The number of benzene rings is 2. The first-order valence-electron chi connectivity index (χ1n) is 6.59. The normalized spacial score (nSPS) is 10.2. The number of aliphatic hydroxyl groups is 1. The van der Waals surface area contributed by atoms with Crippen LogP contribution in [0.4, 0.5) is 0 Å². The minimum atomic E-state index is -0.379. The van der Waals surface area contributed by atoms with Crippen LogP contribution in [0.25, 0.3) is 16.9 Å². The highest BCUT2D eigenvalue weighted by Gasteiger charge is 2.13. The van der Waals surface area contributed by atoms with Crippen molar-refractivity contribution in [3.63, 3.8) is 0 Å². The molecule has 108 valence electrons. The molecular formula is C16H12N4O2. The smallest absolute Gasteiger partial charge is 0.191 e. The van der Waals surface area contributed by atoms with Crippen LogP contribution in [0.15, 0.2) is 54.6 Å². The monoisotopic (exact) mass is 292 g/mol. The summed E-state index contributed by atoms with van der Waals surface area (Å²) in [5.74, 6) is 0.544. The summed E-state index contributed by atoms with van der Waals surface area (Å²) >= 11 is 0. The molecule has 0 saturated heterocycles. The highest BCUT2D eigenvalue weighted by Crippen LogP contribution is 2.21. The zero-order valence-corrected chi connectivity index (χ0v) is 11.5. The number of ether oxygens (including phenoxy) is 1. The van der Waals surface area contributed by atoms with Crippen molar-refractivity contribution in [1.29, 1.82) is 5.26 Å². The van der Waals surface area contributed by atoms with Crippen molar-refractivity contribution in [1.82, 2.24) is 15.0 Å². The van der Waals surface area contributed by atoms with Gasteiger partial charge in [0.25, 0.3) is 0 Å². The van der Waals surface area contributed by atoms with Gasteiger partial charge < -0.3 is 9.84 Å². The second kappa shape index (κ2) is 6.08. The van der Waals surface area contributed by atoms with Crippen LogP contribution in [0.2, 0.25) is 0 Å². The maximum atomic E-state index is 9.24. The number of nitrogens with zero attached hydrogens (tertiary/aromatic N) is 4. The first-order chi connectivity index (χ1) is 10.8. The molecule has 22 heavy (non-hydrogen) atoms. The molecule has 1 N–H and O–H groups in total. The zero-order chi connectivity index (χ0) is 15.4. The van der Waals surface area contributed by atoms with Gasteiger partial charge in [-0.25, -0.2) is 0 Å². The van der Waals surface area contributed by atoms with Crippen LogP contribution in [0, 0.1) is 11.3 Å². The lowest BCUT2D eigenvalue weighted by Crippen LogP contribution is -2.00. The van der Waals surface area contributed by atoms with Crippen LogP contribution in [-0.2, 0) is 0 Å². The Bertz CT molecular complexity index is 804. The topological polar surface area (TPSA) is 84.0 Å². The van der Waals surface area contributed by atoms with E-state index in [1.165, 1.54) is 4.80 Å². The quantitative estimate of drug-likeness (QED) is 0.745. The van der Waals surface area contributed by atoms with Gasteiger partial charge in [-0.2, -0.15) is 5.26 Å². The van der Waals surface area contributed by atoms with E-state index in [1.807, 2.05) is 30.3 Å². The number of aromatic nitrogens is 3. The van der Waals surface area contributed by atoms with Crippen molar-refractivity contribution >= 4 is 0 Å². The summed E-state index contributed by atoms with van der Waals surface area (Å²) in [6.07, 6.45) is 0. The molecule has 0 atom stereocenters. The molecule has 0 aliphatic rings. The van der Waals surface area contributed by atoms with Gasteiger partial charge in [0.05, 0.1) is 5.69 Å². The summed E-state index contributed by atoms with van der Waals surface area (Å²) in [5, 5.41) is 26.6. The summed E-state index contributed by atoms with van der Waals surface area (Å²) in [6, 6.07) is 18.4. The molecule has 0 radical (unpaired) electrons. The summed E-state index contributed by atoms with van der Waals surface area (Å²) < 4.78 is 4.97. The van der Waals surface area contributed by atoms with Crippen molar-refractivity contribution in [3.05, 3.63) is 60.3 Å². The molecule has 0 bridgehead atoms. The fourth-order valence-electron chi connectivity index (χ4n) is 2.04. The number of hydrogen-bond donors (Lipinski definition) is 1. The molecule has 6 heteroatoms. The Morgan fingerprint density at radius 2 is 1.77 bits per heavy atom. The summed E-state index contributed by atoms with van der Waals surface area (Å²) in [5.41, 5.74) is 2.34. The van der Waals surface area contributed by atoms with Crippen LogP contribution in [0.3, 0.4) is 0 Å². The Morgan fingerprint density at radius 3 is 2.41 bits per heavy atom. The van der Waals surface area contributed by atoms with Crippen LogP contribution >= 0.6 is 0 Å². The van der Waals surface area contributed by atoms with Gasteiger partial charge in [0.1, 0.15) is 17.5 Å². The Hall–Kier alpha value is -3.17. The highest BCUT2D eigenvalue weighted by molar-refractivity contribution is 5.64. The Labute approximate surface area is 126 Å². The lowest BCUT2D eigenvalue weighted by molar-refractivity contribution is 0.0985. The van der Waals surface area contributed by atoms with E-state index in [1.54, 1.807) is 24.3 Å². The predicted molar refractivity (Wildman–Crippen MR) is 79.2 cm³/mol. The van der Waals surface area contributed by atoms with Gasteiger partial charge in [-0.1, -0.05) is 30.3 Å². The molecule has 0 fully saturated rings.